The number of thiophene rings is 1. The minimum atomic E-state index is -0.535. The largest absolute Gasteiger partial charge is 0.497 e. The summed E-state index contributed by atoms with van der Waals surface area (Å²) in [5, 5.41) is 2.61. The van der Waals surface area contributed by atoms with Crippen LogP contribution in [0.2, 0.25) is 5.02 Å². The van der Waals surface area contributed by atoms with E-state index >= 15 is 0 Å². The summed E-state index contributed by atoms with van der Waals surface area (Å²) in [4.78, 5) is 23.4. The third-order valence-electron chi connectivity index (χ3n) is 6.19. The summed E-state index contributed by atoms with van der Waals surface area (Å²) in [6.45, 7) is 7.69. The topological polar surface area (TPSA) is 83.0 Å². The zero-order valence-corrected chi connectivity index (χ0v) is 21.7. The number of hydrogen-bond donors (Lipinski definition) is 0. The Hall–Kier alpha value is -2.62. The Kier molecular flexibility index (Phi) is 6.50. The van der Waals surface area contributed by atoms with Crippen LogP contribution in [0.5, 0.6) is 11.6 Å². The van der Waals surface area contributed by atoms with Gasteiger partial charge in [-0.2, -0.15) is 0 Å². The van der Waals surface area contributed by atoms with E-state index in [-0.39, 0.29) is 24.0 Å². The van der Waals surface area contributed by atoms with E-state index in [9.17, 15) is 4.79 Å². The molecule has 0 aliphatic carbocycles. The summed E-state index contributed by atoms with van der Waals surface area (Å²) in [6, 6.07) is 5.60. The van der Waals surface area contributed by atoms with Crippen LogP contribution in [0.4, 0.5) is 4.79 Å². The molecule has 2 aromatic heterocycles. The summed E-state index contributed by atoms with van der Waals surface area (Å²) >= 11 is 8.06. The average molecular weight is 518 g/mol. The van der Waals surface area contributed by atoms with Crippen molar-refractivity contribution in [2.24, 2.45) is 11.8 Å². The highest BCUT2D eigenvalue weighted by Crippen LogP contribution is 2.41. The predicted molar refractivity (Wildman–Crippen MR) is 134 cm³/mol. The Bertz CT molecular complexity index is 1230. The third-order valence-corrected chi connectivity index (χ3v) is 7.46. The fourth-order valence-electron chi connectivity index (χ4n) is 4.64. The second kappa shape index (κ2) is 9.44. The molecule has 186 valence electrons. The fourth-order valence-corrected chi connectivity index (χ4v) is 5.86. The molecule has 5 rings (SSSR count). The van der Waals surface area contributed by atoms with E-state index in [1.54, 1.807) is 18.1 Å². The molecular formula is C25H28ClN3O5S. The van der Waals surface area contributed by atoms with E-state index in [0.717, 1.165) is 21.3 Å². The van der Waals surface area contributed by atoms with Gasteiger partial charge in [-0.1, -0.05) is 11.6 Å². The molecule has 2 fully saturated rings. The molecule has 4 heterocycles. The molecule has 0 radical (unpaired) electrons. The van der Waals surface area contributed by atoms with Gasteiger partial charge in [-0.25, -0.2) is 14.8 Å². The number of likely N-dealkylation sites (tertiary alicyclic amines) is 1. The van der Waals surface area contributed by atoms with Crippen molar-refractivity contribution in [2.75, 3.05) is 33.4 Å². The van der Waals surface area contributed by atoms with E-state index in [1.807, 2.05) is 38.3 Å². The monoisotopic (exact) mass is 517 g/mol. The minimum absolute atomic E-state index is 0.0236. The van der Waals surface area contributed by atoms with Gasteiger partial charge in [0.15, 0.2) is 0 Å². The van der Waals surface area contributed by atoms with E-state index in [1.165, 1.54) is 17.7 Å². The molecule has 0 spiro atoms. The normalized spacial score (nSPS) is 22.2. The van der Waals surface area contributed by atoms with Crippen LogP contribution >= 0.6 is 22.9 Å². The van der Waals surface area contributed by atoms with E-state index in [4.69, 9.17) is 30.5 Å². The molecule has 2 aliphatic heterocycles. The highest BCUT2D eigenvalue weighted by Gasteiger charge is 2.44. The van der Waals surface area contributed by atoms with Gasteiger partial charge in [-0.3, -0.25) is 0 Å². The number of nitrogens with zero attached hydrogens (tertiary/aromatic N) is 3. The molecule has 2 aliphatic rings. The maximum Gasteiger partial charge on any atom is 0.410 e. The summed E-state index contributed by atoms with van der Waals surface area (Å²) in [7, 11) is 1.61. The fraction of sp³-hybridized carbons (Fsp3) is 0.480. The van der Waals surface area contributed by atoms with Crippen LogP contribution in [0, 0.1) is 11.8 Å². The van der Waals surface area contributed by atoms with Gasteiger partial charge in [0.2, 0.25) is 5.88 Å². The van der Waals surface area contributed by atoms with E-state index < -0.39 is 5.60 Å². The molecule has 2 bridgehead atoms. The number of carbonyl (C=O) groups is 1. The molecule has 8 nitrogen and oxygen atoms in total. The number of fused-ring (bicyclic) bond motifs is 3. The molecule has 1 aromatic carbocycles. The Labute approximate surface area is 213 Å². The third kappa shape index (κ3) is 4.90. The van der Waals surface area contributed by atoms with Gasteiger partial charge in [0.05, 0.1) is 30.9 Å². The Balaban J connectivity index is 1.39. The predicted octanol–water partition coefficient (Wildman–Crippen LogP) is 5.28. The van der Waals surface area contributed by atoms with Crippen LogP contribution < -0.4 is 9.47 Å². The number of carbonyl (C=O) groups excluding carboxylic acids is 1. The van der Waals surface area contributed by atoms with Gasteiger partial charge in [-0.15, -0.1) is 11.3 Å². The van der Waals surface area contributed by atoms with Crippen molar-refractivity contribution in [3.63, 3.8) is 0 Å². The Morgan fingerprint density at radius 2 is 1.91 bits per heavy atom. The van der Waals surface area contributed by atoms with Crippen molar-refractivity contribution in [2.45, 2.75) is 32.5 Å². The van der Waals surface area contributed by atoms with Crippen molar-refractivity contribution in [1.82, 2.24) is 14.9 Å². The lowest BCUT2D eigenvalue weighted by Crippen LogP contribution is -2.59. The zero-order valence-electron chi connectivity index (χ0n) is 20.1. The first-order valence-corrected chi connectivity index (χ1v) is 12.8. The maximum atomic E-state index is 12.7. The molecular weight excluding hydrogens is 490 g/mol. The lowest BCUT2D eigenvalue weighted by molar-refractivity contribution is -0.112. The molecule has 10 heteroatoms. The maximum absolute atomic E-state index is 12.7. The molecule has 0 saturated carbocycles. The number of aromatic nitrogens is 2. The lowest BCUT2D eigenvalue weighted by Gasteiger charge is -2.46. The zero-order chi connectivity index (χ0) is 24.7. The highest BCUT2D eigenvalue weighted by atomic mass is 35.5. The minimum Gasteiger partial charge on any atom is -0.497 e. The van der Waals surface area contributed by atoms with Crippen LogP contribution in [-0.2, 0) is 9.47 Å². The van der Waals surface area contributed by atoms with Crippen LogP contribution in [0.3, 0.4) is 0 Å². The molecule has 35 heavy (non-hydrogen) atoms. The standard InChI is InChI=1S/C25H28ClN3O5S/c1-25(2,3)34-24(30)29-8-14-10-32-11-15(9-29)21(14)33-23-22-20(27-13-28-23)18(12-35-22)17-6-5-16(31-4)7-19(17)26/h5-7,12-15,21H,8-11H2,1-4H3. The number of rotatable bonds is 4. The van der Waals surface area contributed by atoms with Gasteiger partial charge in [0.1, 0.15) is 28.5 Å². The number of piperidine rings is 1. The summed E-state index contributed by atoms with van der Waals surface area (Å²) in [5.74, 6) is 1.29. The second-order valence-electron chi connectivity index (χ2n) is 9.88. The Morgan fingerprint density at radius 1 is 1.17 bits per heavy atom. The van der Waals surface area contributed by atoms with Gasteiger partial charge in [-0.05, 0) is 39.0 Å². The molecule has 1 amide bonds. The first-order chi connectivity index (χ1) is 16.7. The summed E-state index contributed by atoms with van der Waals surface area (Å²) in [6.07, 6.45) is 1.11. The van der Waals surface area contributed by atoms with Gasteiger partial charge < -0.3 is 23.8 Å². The van der Waals surface area contributed by atoms with E-state index in [0.29, 0.717) is 43.0 Å². The highest BCUT2D eigenvalue weighted by molar-refractivity contribution is 7.18. The van der Waals surface area contributed by atoms with Crippen LogP contribution in [-0.4, -0.2) is 66.1 Å². The van der Waals surface area contributed by atoms with Crippen molar-refractivity contribution in [3.05, 3.63) is 34.9 Å². The summed E-state index contributed by atoms with van der Waals surface area (Å²) in [5.41, 5.74) is 2.05. The smallest absolute Gasteiger partial charge is 0.410 e. The van der Waals surface area contributed by atoms with Crippen molar-refractivity contribution >= 4 is 39.2 Å². The SMILES string of the molecule is COc1ccc(-c2csc3c(OC4C5COCC4CN(C(=O)OC(C)(C)C)C5)ncnc23)c(Cl)c1. The van der Waals surface area contributed by atoms with Crippen LogP contribution in [0.25, 0.3) is 21.3 Å². The second-order valence-corrected chi connectivity index (χ2v) is 11.2. The molecule has 3 aromatic rings. The van der Waals surface area contributed by atoms with Crippen LogP contribution in [0.1, 0.15) is 20.8 Å². The van der Waals surface area contributed by atoms with Crippen molar-refractivity contribution < 1.29 is 23.7 Å². The quantitative estimate of drug-likeness (QED) is 0.465. The number of ether oxygens (including phenoxy) is 4. The van der Waals surface area contributed by atoms with E-state index in [2.05, 4.69) is 9.97 Å². The summed E-state index contributed by atoms with van der Waals surface area (Å²) < 4.78 is 24.1. The average Bonchev–Trinajstić information content (AvgIpc) is 3.22. The number of methoxy groups -OCH3 is 1. The van der Waals surface area contributed by atoms with Crippen LogP contribution in [0.15, 0.2) is 29.9 Å². The number of benzene rings is 1. The Morgan fingerprint density at radius 3 is 2.57 bits per heavy atom. The van der Waals surface area contributed by atoms with Crippen molar-refractivity contribution in [1.29, 1.82) is 0 Å². The molecule has 0 N–H and O–H groups in total. The number of hydrogen-bond acceptors (Lipinski definition) is 8. The molecule has 2 unspecified atom stereocenters. The first kappa shape index (κ1) is 24.1. The van der Waals surface area contributed by atoms with Gasteiger partial charge in [0.25, 0.3) is 0 Å². The number of amides is 1. The van der Waals surface area contributed by atoms with Gasteiger partial charge >= 0.3 is 6.09 Å². The van der Waals surface area contributed by atoms with Gasteiger partial charge in [0, 0.05) is 41.4 Å². The number of halogens is 1. The first-order valence-electron chi connectivity index (χ1n) is 11.5. The molecule has 2 saturated heterocycles. The molecule has 2 atom stereocenters. The van der Waals surface area contributed by atoms with Crippen molar-refractivity contribution in [3.8, 4) is 22.8 Å². The lowest BCUT2D eigenvalue weighted by atomic mass is 9.84.